The number of para-hydroxylation sites is 1. The lowest BCUT2D eigenvalue weighted by Gasteiger charge is -2.23. The predicted molar refractivity (Wildman–Crippen MR) is 102 cm³/mol. The van der Waals surface area contributed by atoms with Gasteiger partial charge in [-0.15, -0.1) is 0 Å². The zero-order chi connectivity index (χ0) is 20.6. The summed E-state index contributed by atoms with van der Waals surface area (Å²) >= 11 is 1.33. The molecule has 1 atom stereocenters. The fourth-order valence-electron chi connectivity index (χ4n) is 3.25. The van der Waals surface area contributed by atoms with E-state index in [9.17, 15) is 22.8 Å². The summed E-state index contributed by atoms with van der Waals surface area (Å²) in [5, 5.41) is 3.19. The molecular formula is C19H15F3N4O2S. The van der Waals surface area contributed by atoms with Gasteiger partial charge in [0.25, 0.3) is 5.91 Å². The minimum Gasteiger partial charge on any atom is -0.327 e. The average molecular weight is 420 g/mol. The lowest BCUT2D eigenvalue weighted by Crippen LogP contribution is -2.43. The quantitative estimate of drug-likeness (QED) is 0.696. The van der Waals surface area contributed by atoms with Gasteiger partial charge >= 0.3 is 6.18 Å². The first-order chi connectivity index (χ1) is 13.8. The summed E-state index contributed by atoms with van der Waals surface area (Å²) in [7, 11) is 0. The highest BCUT2D eigenvalue weighted by Crippen LogP contribution is 2.29. The zero-order valence-electron chi connectivity index (χ0n) is 14.9. The van der Waals surface area contributed by atoms with E-state index in [0.717, 1.165) is 28.5 Å². The monoisotopic (exact) mass is 420 g/mol. The van der Waals surface area contributed by atoms with Crippen molar-refractivity contribution in [1.82, 2.24) is 14.9 Å². The molecule has 1 fully saturated rings. The highest BCUT2D eigenvalue weighted by Gasteiger charge is 2.36. The van der Waals surface area contributed by atoms with Crippen LogP contribution in [0.15, 0.2) is 42.6 Å². The number of carbonyl (C=O) groups is 2. The highest BCUT2D eigenvalue weighted by molar-refractivity contribution is 7.22. The van der Waals surface area contributed by atoms with Crippen molar-refractivity contribution in [3.63, 3.8) is 0 Å². The summed E-state index contributed by atoms with van der Waals surface area (Å²) < 4.78 is 38.9. The van der Waals surface area contributed by atoms with Crippen LogP contribution in [0.5, 0.6) is 0 Å². The fourth-order valence-corrected chi connectivity index (χ4v) is 4.12. The lowest BCUT2D eigenvalue weighted by molar-refractivity contribution is -0.141. The van der Waals surface area contributed by atoms with Crippen LogP contribution < -0.4 is 5.32 Å². The van der Waals surface area contributed by atoms with Crippen molar-refractivity contribution in [3.8, 4) is 0 Å². The molecule has 150 valence electrons. The molecule has 1 aromatic carbocycles. The highest BCUT2D eigenvalue weighted by atomic mass is 32.1. The number of aromatic nitrogens is 2. The Kier molecular flexibility index (Phi) is 4.95. The maximum atomic E-state index is 12.7. The number of nitrogens with one attached hydrogen (secondary N) is 1. The molecule has 0 spiro atoms. The Balaban J connectivity index is 1.49. The zero-order valence-corrected chi connectivity index (χ0v) is 15.8. The molecule has 3 aromatic rings. The summed E-state index contributed by atoms with van der Waals surface area (Å²) in [5.74, 6) is -0.886. The first-order valence-corrected chi connectivity index (χ1v) is 9.65. The van der Waals surface area contributed by atoms with Crippen LogP contribution in [0.1, 0.15) is 28.9 Å². The third kappa shape index (κ3) is 3.93. The number of hydrogen-bond donors (Lipinski definition) is 1. The van der Waals surface area contributed by atoms with Crippen LogP contribution in [0.2, 0.25) is 0 Å². The van der Waals surface area contributed by atoms with Gasteiger partial charge in [-0.25, -0.2) is 4.98 Å². The van der Waals surface area contributed by atoms with Crippen LogP contribution in [-0.2, 0) is 11.0 Å². The number of rotatable bonds is 3. The first-order valence-electron chi connectivity index (χ1n) is 8.83. The largest absolute Gasteiger partial charge is 0.433 e. The average Bonchev–Trinajstić information content (AvgIpc) is 3.33. The number of hydrogen-bond acceptors (Lipinski definition) is 5. The number of thiazole rings is 1. The van der Waals surface area contributed by atoms with Crippen molar-refractivity contribution in [2.45, 2.75) is 25.1 Å². The lowest BCUT2D eigenvalue weighted by atomic mass is 10.1. The number of likely N-dealkylation sites (tertiary alicyclic amines) is 1. The minimum absolute atomic E-state index is 0.0117. The summed E-state index contributed by atoms with van der Waals surface area (Å²) in [6.07, 6.45) is -2.59. The van der Waals surface area contributed by atoms with Crippen LogP contribution in [-0.4, -0.2) is 39.3 Å². The molecule has 1 unspecified atom stereocenters. The Hall–Kier alpha value is -3.01. The van der Waals surface area contributed by atoms with E-state index in [4.69, 9.17) is 0 Å². The summed E-state index contributed by atoms with van der Waals surface area (Å²) in [5.41, 5.74) is -0.290. The molecule has 1 saturated heterocycles. The van der Waals surface area contributed by atoms with Crippen molar-refractivity contribution >= 4 is 38.5 Å². The Bertz CT molecular complexity index is 1030. The molecule has 1 N–H and O–H groups in total. The number of amides is 2. The molecule has 0 aliphatic carbocycles. The van der Waals surface area contributed by atoms with Gasteiger partial charge in [-0.05, 0) is 37.1 Å². The molecule has 0 saturated carbocycles. The SMILES string of the molecule is O=C(Nc1nc2ccccc2s1)C1CCCN1C(=O)c1ccc(C(F)(F)F)nc1. The fraction of sp³-hybridized carbons (Fsp3) is 0.263. The molecule has 0 radical (unpaired) electrons. The molecule has 10 heteroatoms. The third-order valence-corrected chi connectivity index (χ3v) is 5.59. The standard InChI is InChI=1S/C19H15F3N4O2S/c20-19(21,22)15-8-7-11(10-23-15)17(28)26-9-3-5-13(26)16(27)25-18-24-12-4-1-2-6-14(12)29-18/h1-2,4,6-8,10,13H,3,5,9H2,(H,24,25,27). The topological polar surface area (TPSA) is 75.2 Å². The Morgan fingerprint density at radius 2 is 1.97 bits per heavy atom. The number of pyridine rings is 1. The van der Waals surface area contributed by atoms with Gasteiger partial charge < -0.3 is 10.2 Å². The molecular weight excluding hydrogens is 405 g/mol. The van der Waals surface area contributed by atoms with Crippen LogP contribution >= 0.6 is 11.3 Å². The second-order valence-electron chi connectivity index (χ2n) is 6.56. The number of halogens is 3. The van der Waals surface area contributed by atoms with E-state index < -0.39 is 23.8 Å². The van der Waals surface area contributed by atoms with Crippen molar-refractivity contribution < 1.29 is 22.8 Å². The van der Waals surface area contributed by atoms with Gasteiger partial charge in [0, 0.05) is 12.7 Å². The van der Waals surface area contributed by atoms with E-state index >= 15 is 0 Å². The van der Waals surface area contributed by atoms with E-state index in [0.29, 0.717) is 24.5 Å². The summed E-state index contributed by atoms with van der Waals surface area (Å²) in [6.45, 7) is 0.345. The van der Waals surface area contributed by atoms with Gasteiger partial charge in [-0.3, -0.25) is 14.6 Å². The summed E-state index contributed by atoms with van der Waals surface area (Å²) in [6, 6.07) is 8.59. The molecule has 2 amide bonds. The molecule has 3 heterocycles. The number of benzene rings is 1. The van der Waals surface area contributed by atoms with Gasteiger partial charge in [0.05, 0.1) is 15.8 Å². The Labute approximate surface area is 167 Å². The smallest absolute Gasteiger partial charge is 0.327 e. The van der Waals surface area contributed by atoms with Gasteiger partial charge in [0.1, 0.15) is 11.7 Å². The van der Waals surface area contributed by atoms with Crippen LogP contribution in [0.4, 0.5) is 18.3 Å². The summed E-state index contributed by atoms with van der Waals surface area (Å²) in [4.78, 5) is 34.5. The van der Waals surface area contributed by atoms with Crippen molar-refractivity contribution in [2.75, 3.05) is 11.9 Å². The number of anilines is 1. The first kappa shape index (κ1) is 19.3. The molecule has 1 aliphatic heterocycles. The maximum absolute atomic E-state index is 12.7. The van der Waals surface area contributed by atoms with Gasteiger partial charge in [-0.2, -0.15) is 13.2 Å². The number of carbonyl (C=O) groups excluding carboxylic acids is 2. The molecule has 4 rings (SSSR count). The Morgan fingerprint density at radius 1 is 1.17 bits per heavy atom. The van der Waals surface area contributed by atoms with E-state index in [2.05, 4.69) is 15.3 Å². The predicted octanol–water partition coefficient (Wildman–Crippen LogP) is 3.95. The third-order valence-electron chi connectivity index (χ3n) is 4.64. The second-order valence-corrected chi connectivity index (χ2v) is 7.59. The molecule has 6 nitrogen and oxygen atoms in total. The normalized spacial score (nSPS) is 16.9. The van der Waals surface area contributed by atoms with Crippen LogP contribution in [0.25, 0.3) is 10.2 Å². The van der Waals surface area contributed by atoms with E-state index in [1.54, 1.807) is 0 Å². The number of fused-ring (bicyclic) bond motifs is 1. The molecule has 2 aromatic heterocycles. The van der Waals surface area contributed by atoms with E-state index in [-0.39, 0.29) is 11.5 Å². The number of nitrogens with zero attached hydrogens (tertiary/aromatic N) is 3. The molecule has 29 heavy (non-hydrogen) atoms. The number of alkyl halides is 3. The van der Waals surface area contributed by atoms with Crippen molar-refractivity contribution in [3.05, 3.63) is 53.9 Å². The van der Waals surface area contributed by atoms with E-state index in [1.807, 2.05) is 24.3 Å². The minimum atomic E-state index is -4.57. The Morgan fingerprint density at radius 3 is 2.66 bits per heavy atom. The maximum Gasteiger partial charge on any atom is 0.433 e. The van der Waals surface area contributed by atoms with Crippen LogP contribution in [0.3, 0.4) is 0 Å². The van der Waals surface area contributed by atoms with Crippen molar-refractivity contribution in [1.29, 1.82) is 0 Å². The second kappa shape index (κ2) is 7.43. The van der Waals surface area contributed by atoms with Gasteiger partial charge in [0.2, 0.25) is 5.91 Å². The van der Waals surface area contributed by atoms with E-state index in [1.165, 1.54) is 16.2 Å². The van der Waals surface area contributed by atoms with Gasteiger partial charge in [0.15, 0.2) is 5.13 Å². The van der Waals surface area contributed by atoms with Crippen molar-refractivity contribution in [2.24, 2.45) is 0 Å². The van der Waals surface area contributed by atoms with Gasteiger partial charge in [-0.1, -0.05) is 23.5 Å². The molecule has 0 bridgehead atoms. The van der Waals surface area contributed by atoms with Crippen LogP contribution in [0, 0.1) is 0 Å². The molecule has 1 aliphatic rings.